The van der Waals surface area contributed by atoms with Gasteiger partial charge in [-0.05, 0) is 37.8 Å². The Labute approximate surface area is 172 Å². The Balaban J connectivity index is 1.40. The van der Waals surface area contributed by atoms with Gasteiger partial charge in [0.2, 0.25) is 21.8 Å². The van der Waals surface area contributed by atoms with Gasteiger partial charge in [0.15, 0.2) is 0 Å². The summed E-state index contributed by atoms with van der Waals surface area (Å²) in [5.74, 6) is -0.381. The number of likely N-dealkylation sites (tertiary alicyclic amines) is 1. The van der Waals surface area contributed by atoms with E-state index in [9.17, 15) is 18.0 Å². The summed E-state index contributed by atoms with van der Waals surface area (Å²) in [4.78, 5) is 26.9. The van der Waals surface area contributed by atoms with Crippen LogP contribution < -0.4 is 10.6 Å². The maximum absolute atomic E-state index is 12.6. The smallest absolute Gasteiger partial charge is 0.238 e. The van der Waals surface area contributed by atoms with Crippen molar-refractivity contribution < 1.29 is 18.0 Å². The molecule has 0 aliphatic carbocycles. The van der Waals surface area contributed by atoms with Gasteiger partial charge in [-0.1, -0.05) is 18.2 Å². The highest BCUT2D eigenvalue weighted by Gasteiger charge is 2.31. The van der Waals surface area contributed by atoms with Gasteiger partial charge in [0.05, 0.1) is 18.7 Å². The molecule has 2 fully saturated rings. The number of carbonyl (C=O) groups excluding carboxylic acids is 2. The molecule has 160 valence electrons. The van der Waals surface area contributed by atoms with Gasteiger partial charge in [0, 0.05) is 37.9 Å². The van der Waals surface area contributed by atoms with Gasteiger partial charge < -0.3 is 10.6 Å². The maximum Gasteiger partial charge on any atom is 0.238 e. The van der Waals surface area contributed by atoms with E-state index in [-0.39, 0.29) is 30.3 Å². The zero-order chi connectivity index (χ0) is 20.9. The molecule has 1 unspecified atom stereocenters. The van der Waals surface area contributed by atoms with Crippen molar-refractivity contribution in [3.05, 3.63) is 30.3 Å². The van der Waals surface area contributed by atoms with E-state index in [0.29, 0.717) is 19.5 Å². The zero-order valence-corrected chi connectivity index (χ0v) is 17.7. The molecule has 2 saturated heterocycles. The lowest BCUT2D eigenvalue weighted by molar-refractivity contribution is -0.127. The maximum atomic E-state index is 12.6. The monoisotopic (exact) mass is 422 g/mol. The average molecular weight is 423 g/mol. The van der Waals surface area contributed by atoms with Crippen molar-refractivity contribution >= 4 is 27.5 Å². The lowest BCUT2D eigenvalue weighted by Crippen LogP contribution is -2.50. The number of amides is 2. The SMILES string of the molecule is CS(=O)(=O)N1CCCC(C(=O)NC2CCN(CC(=O)Nc3ccccc3)CC2)C1. The van der Waals surface area contributed by atoms with Crippen LogP contribution in [0.1, 0.15) is 25.7 Å². The van der Waals surface area contributed by atoms with Gasteiger partial charge >= 0.3 is 0 Å². The largest absolute Gasteiger partial charge is 0.353 e. The predicted molar refractivity (Wildman–Crippen MR) is 112 cm³/mol. The molecule has 0 bridgehead atoms. The third-order valence-corrected chi connectivity index (χ3v) is 6.85. The molecule has 8 nitrogen and oxygen atoms in total. The Kier molecular flexibility index (Phi) is 7.26. The minimum atomic E-state index is -3.26. The molecule has 3 rings (SSSR count). The Bertz CT molecular complexity index is 807. The summed E-state index contributed by atoms with van der Waals surface area (Å²) < 4.78 is 24.9. The fourth-order valence-electron chi connectivity index (χ4n) is 3.94. The number of piperidine rings is 2. The van der Waals surface area contributed by atoms with Crippen molar-refractivity contribution in [2.24, 2.45) is 5.92 Å². The third kappa shape index (κ3) is 6.52. The average Bonchev–Trinajstić information content (AvgIpc) is 2.69. The number of hydrogen-bond acceptors (Lipinski definition) is 5. The standard InChI is InChI=1S/C20H30N4O4S/c1-29(27,28)24-11-5-6-16(14-24)20(26)22-18-9-12-23(13-10-18)15-19(25)21-17-7-3-2-4-8-17/h2-4,7-8,16,18H,5-6,9-15H2,1H3,(H,21,25)(H,22,26). The van der Waals surface area contributed by atoms with Crippen LogP contribution in [0.15, 0.2) is 30.3 Å². The van der Waals surface area contributed by atoms with Crippen LogP contribution in [0.2, 0.25) is 0 Å². The molecule has 0 saturated carbocycles. The summed E-state index contributed by atoms with van der Waals surface area (Å²) in [7, 11) is -3.26. The van der Waals surface area contributed by atoms with E-state index in [1.165, 1.54) is 10.6 Å². The number of hydrogen-bond donors (Lipinski definition) is 2. The topological polar surface area (TPSA) is 98.8 Å². The van der Waals surface area contributed by atoms with Crippen LogP contribution in [-0.4, -0.2) is 74.5 Å². The van der Waals surface area contributed by atoms with E-state index in [4.69, 9.17) is 0 Å². The molecule has 1 aromatic rings. The van der Waals surface area contributed by atoms with Gasteiger partial charge in [0.25, 0.3) is 0 Å². The summed E-state index contributed by atoms with van der Waals surface area (Å²) in [6.07, 6.45) is 4.19. The number of nitrogens with zero attached hydrogens (tertiary/aromatic N) is 2. The van der Waals surface area contributed by atoms with Crippen LogP contribution in [-0.2, 0) is 19.6 Å². The molecule has 2 N–H and O–H groups in total. The highest BCUT2D eigenvalue weighted by atomic mass is 32.2. The summed E-state index contributed by atoms with van der Waals surface area (Å²) in [6.45, 7) is 2.58. The first kappa shape index (κ1) is 21.7. The van der Waals surface area contributed by atoms with Crippen molar-refractivity contribution in [1.82, 2.24) is 14.5 Å². The molecule has 0 spiro atoms. The number of benzene rings is 1. The minimum absolute atomic E-state index is 0.0400. The molecule has 2 aliphatic heterocycles. The molecular weight excluding hydrogens is 392 g/mol. The quantitative estimate of drug-likeness (QED) is 0.709. The number of anilines is 1. The highest BCUT2D eigenvalue weighted by molar-refractivity contribution is 7.88. The fourth-order valence-corrected chi connectivity index (χ4v) is 4.85. The number of sulfonamides is 1. The highest BCUT2D eigenvalue weighted by Crippen LogP contribution is 2.20. The zero-order valence-electron chi connectivity index (χ0n) is 16.8. The van der Waals surface area contributed by atoms with E-state index in [0.717, 1.165) is 38.0 Å². The normalized spacial score (nSPS) is 22.2. The Morgan fingerprint density at radius 1 is 1.07 bits per heavy atom. The van der Waals surface area contributed by atoms with Crippen molar-refractivity contribution in [2.45, 2.75) is 31.7 Å². The minimum Gasteiger partial charge on any atom is -0.353 e. The van der Waals surface area contributed by atoms with Crippen molar-refractivity contribution in [3.63, 3.8) is 0 Å². The summed E-state index contributed by atoms with van der Waals surface area (Å²) in [6, 6.07) is 9.45. The fraction of sp³-hybridized carbons (Fsp3) is 0.600. The Morgan fingerprint density at radius 2 is 1.76 bits per heavy atom. The molecule has 0 radical (unpaired) electrons. The Morgan fingerprint density at radius 3 is 2.41 bits per heavy atom. The van der Waals surface area contributed by atoms with Gasteiger partial charge in [-0.15, -0.1) is 0 Å². The number of nitrogens with one attached hydrogen (secondary N) is 2. The molecule has 1 aromatic carbocycles. The van der Waals surface area contributed by atoms with E-state index in [2.05, 4.69) is 15.5 Å². The van der Waals surface area contributed by atoms with Gasteiger partial charge in [-0.25, -0.2) is 12.7 Å². The molecule has 9 heteroatoms. The van der Waals surface area contributed by atoms with E-state index in [1.807, 2.05) is 30.3 Å². The third-order valence-electron chi connectivity index (χ3n) is 5.58. The molecule has 2 amide bonds. The van der Waals surface area contributed by atoms with Crippen LogP contribution in [0.25, 0.3) is 0 Å². The van der Waals surface area contributed by atoms with Crippen LogP contribution in [0.4, 0.5) is 5.69 Å². The first-order valence-corrected chi connectivity index (χ1v) is 12.0. The molecule has 1 atom stereocenters. The van der Waals surface area contributed by atoms with Crippen LogP contribution in [0.5, 0.6) is 0 Å². The predicted octanol–water partition coefficient (Wildman–Crippen LogP) is 0.877. The second-order valence-electron chi connectivity index (χ2n) is 7.93. The van der Waals surface area contributed by atoms with Crippen molar-refractivity contribution in [2.75, 3.05) is 44.3 Å². The summed E-state index contributed by atoms with van der Waals surface area (Å²) in [5, 5.41) is 5.97. The van der Waals surface area contributed by atoms with Crippen molar-refractivity contribution in [3.8, 4) is 0 Å². The van der Waals surface area contributed by atoms with Gasteiger partial charge in [-0.2, -0.15) is 0 Å². The molecule has 2 heterocycles. The van der Waals surface area contributed by atoms with Gasteiger partial charge in [-0.3, -0.25) is 14.5 Å². The first-order chi connectivity index (χ1) is 13.8. The van der Waals surface area contributed by atoms with E-state index in [1.54, 1.807) is 0 Å². The lowest BCUT2D eigenvalue weighted by atomic mass is 9.97. The number of para-hydroxylation sites is 1. The second kappa shape index (κ2) is 9.69. The van der Waals surface area contributed by atoms with Crippen LogP contribution in [0, 0.1) is 5.92 Å². The first-order valence-electron chi connectivity index (χ1n) is 10.1. The molecule has 2 aliphatic rings. The van der Waals surface area contributed by atoms with Crippen LogP contribution in [0.3, 0.4) is 0 Å². The molecule has 0 aromatic heterocycles. The molecule has 29 heavy (non-hydrogen) atoms. The summed E-state index contributed by atoms with van der Waals surface area (Å²) in [5.41, 5.74) is 0.787. The van der Waals surface area contributed by atoms with E-state index >= 15 is 0 Å². The lowest BCUT2D eigenvalue weighted by Gasteiger charge is -2.34. The van der Waals surface area contributed by atoms with E-state index < -0.39 is 10.0 Å². The van der Waals surface area contributed by atoms with Gasteiger partial charge in [0.1, 0.15) is 0 Å². The second-order valence-corrected chi connectivity index (χ2v) is 9.92. The van der Waals surface area contributed by atoms with Crippen molar-refractivity contribution in [1.29, 1.82) is 0 Å². The Hall–Kier alpha value is -1.97. The number of carbonyl (C=O) groups is 2. The molecular formula is C20H30N4O4S. The van der Waals surface area contributed by atoms with Crippen LogP contribution >= 0.6 is 0 Å². The summed E-state index contributed by atoms with van der Waals surface area (Å²) >= 11 is 0. The number of rotatable bonds is 6.